The maximum atomic E-state index is 12.3. The zero-order valence-corrected chi connectivity index (χ0v) is 18.3. The lowest BCUT2D eigenvalue weighted by Crippen LogP contribution is -2.24. The smallest absolute Gasteiger partial charge is 0.251 e. The van der Waals surface area contributed by atoms with E-state index in [1.54, 1.807) is 18.2 Å². The Labute approximate surface area is 182 Å². The van der Waals surface area contributed by atoms with Gasteiger partial charge in [0.25, 0.3) is 5.91 Å². The molecule has 0 spiro atoms. The van der Waals surface area contributed by atoms with E-state index in [2.05, 4.69) is 32.4 Å². The molecular weight excluding hydrogens is 420 g/mol. The Kier molecular flexibility index (Phi) is 7.36. The topological polar surface area (TPSA) is 102 Å². The summed E-state index contributed by atoms with van der Waals surface area (Å²) >= 11 is 2.65. The van der Waals surface area contributed by atoms with Crippen LogP contribution in [0.25, 0.3) is 0 Å². The monoisotopic (exact) mass is 442 g/mol. The summed E-state index contributed by atoms with van der Waals surface area (Å²) in [5.74, 6) is 0.407. The number of hydrogen-bond donors (Lipinski definition) is 2. The number of carbonyl (C=O) groups is 2. The van der Waals surface area contributed by atoms with Crippen molar-refractivity contribution in [3.8, 4) is 0 Å². The van der Waals surface area contributed by atoms with Gasteiger partial charge in [-0.25, -0.2) is 4.98 Å². The highest BCUT2D eigenvalue weighted by molar-refractivity contribution is 7.99. The van der Waals surface area contributed by atoms with Crippen molar-refractivity contribution in [2.45, 2.75) is 32.1 Å². The van der Waals surface area contributed by atoms with Crippen molar-refractivity contribution in [2.75, 3.05) is 11.1 Å². The molecule has 2 aromatic heterocycles. The third-order valence-corrected chi connectivity index (χ3v) is 5.87. The molecule has 8 nitrogen and oxygen atoms in total. The Morgan fingerprint density at radius 3 is 2.67 bits per heavy atom. The number of allylic oxidation sites excluding steroid dienone is 1. The van der Waals surface area contributed by atoms with Crippen LogP contribution in [0.4, 0.5) is 5.13 Å². The first-order chi connectivity index (χ1) is 14.5. The van der Waals surface area contributed by atoms with E-state index in [0.717, 1.165) is 11.3 Å². The molecule has 0 saturated carbocycles. The first kappa shape index (κ1) is 21.7. The summed E-state index contributed by atoms with van der Waals surface area (Å²) in [5, 5.41) is 17.0. The van der Waals surface area contributed by atoms with Crippen molar-refractivity contribution in [1.29, 1.82) is 0 Å². The SMILES string of the molecule is C=CCn1c(CNC(=O)c2ccc(C)cc2)nnc1SCC(=O)Nc1nc(C)cs1. The highest BCUT2D eigenvalue weighted by Gasteiger charge is 2.15. The maximum absolute atomic E-state index is 12.3. The fraction of sp³-hybridized carbons (Fsp3) is 0.250. The molecular formula is C20H22N6O2S2. The minimum absolute atomic E-state index is 0.170. The molecule has 0 saturated heterocycles. The maximum Gasteiger partial charge on any atom is 0.251 e. The van der Waals surface area contributed by atoms with E-state index in [0.29, 0.717) is 28.2 Å². The van der Waals surface area contributed by atoms with Gasteiger partial charge < -0.3 is 15.2 Å². The standard InChI is InChI=1S/C20H22N6O2S2/c1-4-9-26-16(10-21-18(28)15-7-5-13(2)6-8-15)24-25-20(26)30-12-17(27)23-19-22-14(3)11-29-19/h4-8,11H,1,9-10,12H2,2-3H3,(H,21,28)(H,22,23,27). The number of nitrogens with one attached hydrogen (secondary N) is 2. The fourth-order valence-electron chi connectivity index (χ4n) is 2.53. The number of hydrogen-bond acceptors (Lipinski definition) is 7. The molecule has 0 aliphatic rings. The van der Waals surface area contributed by atoms with Gasteiger partial charge in [0.1, 0.15) is 0 Å². The van der Waals surface area contributed by atoms with Crippen LogP contribution < -0.4 is 10.6 Å². The molecule has 2 amide bonds. The number of aromatic nitrogens is 4. The summed E-state index contributed by atoms with van der Waals surface area (Å²) in [6, 6.07) is 7.34. The van der Waals surface area contributed by atoms with Crippen LogP contribution in [0.5, 0.6) is 0 Å². The molecule has 2 heterocycles. The Balaban J connectivity index is 1.59. The normalized spacial score (nSPS) is 10.6. The number of thiazole rings is 1. The predicted molar refractivity (Wildman–Crippen MR) is 119 cm³/mol. The Hall–Kier alpha value is -2.98. The van der Waals surface area contributed by atoms with Crippen LogP contribution in [0.3, 0.4) is 0 Å². The molecule has 1 aromatic carbocycles. The van der Waals surface area contributed by atoms with E-state index >= 15 is 0 Å². The van der Waals surface area contributed by atoms with Gasteiger partial charge in [-0.2, -0.15) is 0 Å². The van der Waals surface area contributed by atoms with E-state index in [1.165, 1.54) is 23.1 Å². The quantitative estimate of drug-likeness (QED) is 0.390. The van der Waals surface area contributed by atoms with Gasteiger partial charge in [0.2, 0.25) is 5.91 Å². The molecule has 2 N–H and O–H groups in total. The highest BCUT2D eigenvalue weighted by atomic mass is 32.2. The van der Waals surface area contributed by atoms with Gasteiger partial charge in [-0.1, -0.05) is 35.5 Å². The van der Waals surface area contributed by atoms with E-state index in [1.807, 2.05) is 35.9 Å². The second kappa shape index (κ2) is 10.2. The molecule has 30 heavy (non-hydrogen) atoms. The zero-order valence-electron chi connectivity index (χ0n) is 16.7. The number of thioether (sulfide) groups is 1. The molecule has 0 aliphatic heterocycles. The second-order valence-corrected chi connectivity index (χ2v) is 8.28. The van der Waals surface area contributed by atoms with Crippen LogP contribution in [0.15, 0.2) is 47.5 Å². The lowest BCUT2D eigenvalue weighted by Gasteiger charge is -2.09. The molecule has 10 heteroatoms. The molecule has 0 radical (unpaired) electrons. The van der Waals surface area contributed by atoms with Gasteiger partial charge in [-0.15, -0.1) is 28.1 Å². The summed E-state index contributed by atoms with van der Waals surface area (Å²) in [6.07, 6.45) is 1.72. The molecule has 0 bridgehead atoms. The number of aryl methyl sites for hydroxylation is 2. The number of benzene rings is 1. The Morgan fingerprint density at radius 2 is 2.00 bits per heavy atom. The highest BCUT2D eigenvalue weighted by Crippen LogP contribution is 2.19. The zero-order chi connectivity index (χ0) is 21.5. The first-order valence-corrected chi connectivity index (χ1v) is 11.1. The Morgan fingerprint density at radius 1 is 1.23 bits per heavy atom. The van der Waals surface area contributed by atoms with Crippen LogP contribution in [-0.4, -0.2) is 37.3 Å². The van der Waals surface area contributed by atoms with E-state index in [9.17, 15) is 9.59 Å². The number of anilines is 1. The largest absolute Gasteiger partial charge is 0.345 e. The van der Waals surface area contributed by atoms with Gasteiger partial charge in [-0.05, 0) is 26.0 Å². The van der Waals surface area contributed by atoms with Crippen molar-refractivity contribution >= 4 is 40.0 Å². The van der Waals surface area contributed by atoms with E-state index < -0.39 is 0 Å². The van der Waals surface area contributed by atoms with Crippen LogP contribution in [0.2, 0.25) is 0 Å². The van der Waals surface area contributed by atoms with E-state index in [4.69, 9.17) is 0 Å². The molecule has 3 aromatic rings. The summed E-state index contributed by atoms with van der Waals surface area (Å²) in [5.41, 5.74) is 2.54. The van der Waals surface area contributed by atoms with Crippen molar-refractivity contribution in [3.05, 3.63) is 64.9 Å². The summed E-state index contributed by atoms with van der Waals surface area (Å²) in [7, 11) is 0. The van der Waals surface area contributed by atoms with Gasteiger partial charge in [0, 0.05) is 17.5 Å². The lowest BCUT2D eigenvalue weighted by molar-refractivity contribution is -0.113. The lowest BCUT2D eigenvalue weighted by atomic mass is 10.1. The molecule has 0 fully saturated rings. The van der Waals surface area contributed by atoms with Crippen molar-refractivity contribution in [1.82, 2.24) is 25.1 Å². The van der Waals surface area contributed by atoms with Gasteiger partial charge >= 0.3 is 0 Å². The average Bonchev–Trinajstić information content (AvgIpc) is 3.31. The van der Waals surface area contributed by atoms with Crippen LogP contribution >= 0.6 is 23.1 Å². The van der Waals surface area contributed by atoms with Crippen LogP contribution in [-0.2, 0) is 17.9 Å². The molecule has 0 unspecified atom stereocenters. The predicted octanol–water partition coefficient (Wildman–Crippen LogP) is 3.20. The first-order valence-electron chi connectivity index (χ1n) is 9.19. The molecule has 3 rings (SSSR count). The van der Waals surface area contributed by atoms with Crippen molar-refractivity contribution in [3.63, 3.8) is 0 Å². The number of nitrogens with zero attached hydrogens (tertiary/aromatic N) is 4. The Bertz CT molecular complexity index is 1040. The third kappa shape index (κ3) is 5.77. The van der Waals surface area contributed by atoms with Crippen LogP contribution in [0.1, 0.15) is 27.4 Å². The average molecular weight is 443 g/mol. The molecule has 0 aliphatic carbocycles. The molecule has 0 atom stereocenters. The van der Waals surface area contributed by atoms with Crippen molar-refractivity contribution < 1.29 is 9.59 Å². The van der Waals surface area contributed by atoms with E-state index in [-0.39, 0.29) is 24.1 Å². The summed E-state index contributed by atoms with van der Waals surface area (Å²) < 4.78 is 1.83. The van der Waals surface area contributed by atoms with Crippen LogP contribution in [0, 0.1) is 13.8 Å². The number of rotatable bonds is 9. The van der Waals surface area contributed by atoms with Crippen molar-refractivity contribution in [2.24, 2.45) is 0 Å². The minimum atomic E-state index is -0.185. The number of carbonyl (C=O) groups excluding carboxylic acids is 2. The van der Waals surface area contributed by atoms with Gasteiger partial charge in [-0.3, -0.25) is 9.59 Å². The summed E-state index contributed by atoms with van der Waals surface area (Å²) in [4.78, 5) is 28.7. The van der Waals surface area contributed by atoms with Gasteiger partial charge in [0.05, 0.1) is 18.0 Å². The fourth-order valence-corrected chi connectivity index (χ4v) is 4.00. The summed E-state index contributed by atoms with van der Waals surface area (Å²) in [6.45, 7) is 8.30. The molecule has 156 valence electrons. The third-order valence-electron chi connectivity index (χ3n) is 4.02. The van der Waals surface area contributed by atoms with Gasteiger partial charge in [0.15, 0.2) is 16.1 Å². The number of amides is 2. The second-order valence-electron chi connectivity index (χ2n) is 6.48. The minimum Gasteiger partial charge on any atom is -0.345 e.